The van der Waals surface area contributed by atoms with E-state index in [0.29, 0.717) is 27.3 Å². The Bertz CT molecular complexity index is 1000. The minimum Gasteiger partial charge on any atom is -0.469 e. The zero-order valence-electron chi connectivity index (χ0n) is 14.0. The first-order chi connectivity index (χ1) is 12.5. The van der Waals surface area contributed by atoms with Gasteiger partial charge < -0.3 is 14.3 Å². The van der Waals surface area contributed by atoms with Gasteiger partial charge in [0, 0.05) is 12.7 Å². The average Bonchev–Trinajstić information content (AvgIpc) is 3.18. The van der Waals surface area contributed by atoms with Crippen LogP contribution in [-0.2, 0) is 11.8 Å². The number of hydrogen-bond acceptors (Lipinski definition) is 6. The van der Waals surface area contributed by atoms with Crippen molar-refractivity contribution in [1.82, 2.24) is 14.8 Å². The number of halogens is 1. The summed E-state index contributed by atoms with van der Waals surface area (Å²) in [7, 11) is 1.84. The molecule has 132 valence electrons. The molecule has 0 aliphatic carbocycles. The predicted molar refractivity (Wildman–Crippen MR) is 99.0 cm³/mol. The molecule has 0 aliphatic heterocycles. The van der Waals surface area contributed by atoms with E-state index >= 15 is 0 Å². The first kappa shape index (κ1) is 18.0. The predicted octanol–water partition coefficient (Wildman–Crippen LogP) is 3.64. The highest BCUT2D eigenvalue weighted by molar-refractivity contribution is 7.99. The molecule has 3 rings (SSSR count). The van der Waals surface area contributed by atoms with Crippen LogP contribution < -0.4 is 5.32 Å². The fourth-order valence-corrected chi connectivity index (χ4v) is 3.24. The first-order valence-electron chi connectivity index (χ1n) is 7.55. The molecule has 0 bridgehead atoms. The Hall–Kier alpha value is -2.76. The van der Waals surface area contributed by atoms with Crippen molar-refractivity contribution >= 4 is 35.0 Å². The van der Waals surface area contributed by atoms with Gasteiger partial charge >= 0.3 is 0 Å². The zero-order chi connectivity index (χ0) is 18.7. The lowest BCUT2D eigenvalue weighted by Gasteiger charge is -2.06. The van der Waals surface area contributed by atoms with Crippen LogP contribution in [0.4, 0.5) is 5.69 Å². The molecule has 9 heteroatoms. The quantitative estimate of drug-likeness (QED) is 0.671. The van der Waals surface area contributed by atoms with Crippen molar-refractivity contribution in [2.45, 2.75) is 12.1 Å². The summed E-state index contributed by atoms with van der Waals surface area (Å²) in [5.41, 5.74) is 1.76. The standard InChI is InChI=1S/C17H14ClN5O2S/c1-10-13(5-6-25-10)16-21-22-17(23(16)2)26-9-15(24)20-12-4-3-11(8-19)14(18)7-12/h3-7H,9H2,1-2H3,(H,20,24). The van der Waals surface area contributed by atoms with Gasteiger partial charge in [0.25, 0.3) is 0 Å². The van der Waals surface area contributed by atoms with Crippen LogP contribution in [0, 0.1) is 18.3 Å². The minimum atomic E-state index is -0.209. The summed E-state index contributed by atoms with van der Waals surface area (Å²) in [6.07, 6.45) is 1.60. The SMILES string of the molecule is Cc1occc1-c1nnc(SCC(=O)Nc2ccc(C#N)c(Cl)c2)n1C. The summed E-state index contributed by atoms with van der Waals surface area (Å²) in [5, 5.41) is 20.8. The molecule has 0 spiro atoms. The zero-order valence-corrected chi connectivity index (χ0v) is 15.6. The van der Waals surface area contributed by atoms with E-state index < -0.39 is 0 Å². The fraction of sp³-hybridized carbons (Fsp3) is 0.176. The van der Waals surface area contributed by atoms with E-state index in [1.807, 2.05) is 30.7 Å². The Morgan fingerprint density at radius 1 is 1.42 bits per heavy atom. The summed E-state index contributed by atoms with van der Waals surface area (Å²) in [5.74, 6) is 1.39. The largest absolute Gasteiger partial charge is 0.469 e. The van der Waals surface area contributed by atoms with Gasteiger partial charge in [-0.2, -0.15) is 5.26 Å². The molecule has 0 fully saturated rings. The molecule has 0 unspecified atom stereocenters. The summed E-state index contributed by atoms with van der Waals surface area (Å²) < 4.78 is 7.10. The molecule has 0 atom stereocenters. The molecule has 3 aromatic rings. The van der Waals surface area contributed by atoms with E-state index in [1.54, 1.807) is 24.5 Å². The molecule has 26 heavy (non-hydrogen) atoms. The van der Waals surface area contributed by atoms with Gasteiger partial charge in [-0.1, -0.05) is 23.4 Å². The lowest BCUT2D eigenvalue weighted by Crippen LogP contribution is -2.14. The Labute approximate surface area is 159 Å². The summed E-state index contributed by atoms with van der Waals surface area (Å²) >= 11 is 7.23. The summed E-state index contributed by atoms with van der Waals surface area (Å²) in [4.78, 5) is 12.1. The number of benzene rings is 1. The maximum absolute atomic E-state index is 12.1. The maximum Gasteiger partial charge on any atom is 0.234 e. The lowest BCUT2D eigenvalue weighted by atomic mass is 10.2. The minimum absolute atomic E-state index is 0.161. The second kappa shape index (κ2) is 7.64. The number of nitrogens with one attached hydrogen (secondary N) is 1. The van der Waals surface area contributed by atoms with E-state index in [0.717, 1.165) is 11.3 Å². The lowest BCUT2D eigenvalue weighted by molar-refractivity contribution is -0.113. The molecular formula is C17H14ClN5O2S. The number of aryl methyl sites for hydroxylation is 1. The third kappa shape index (κ3) is 3.74. The number of carbonyl (C=O) groups is 1. The van der Waals surface area contributed by atoms with Crippen molar-refractivity contribution in [1.29, 1.82) is 5.26 Å². The number of hydrogen-bond donors (Lipinski definition) is 1. The van der Waals surface area contributed by atoms with Gasteiger partial charge in [0.2, 0.25) is 5.91 Å². The number of nitriles is 1. The van der Waals surface area contributed by atoms with E-state index in [9.17, 15) is 4.79 Å². The van der Waals surface area contributed by atoms with Crippen molar-refractivity contribution < 1.29 is 9.21 Å². The second-order valence-corrected chi connectivity index (χ2v) is 6.75. The van der Waals surface area contributed by atoms with E-state index in [1.165, 1.54) is 11.8 Å². The molecule has 0 radical (unpaired) electrons. The van der Waals surface area contributed by atoms with E-state index in [2.05, 4.69) is 15.5 Å². The number of furan rings is 1. The molecule has 2 heterocycles. The molecule has 1 N–H and O–H groups in total. The Balaban J connectivity index is 1.64. The number of rotatable bonds is 5. The number of amides is 1. The summed E-state index contributed by atoms with van der Waals surface area (Å²) in [6.45, 7) is 1.85. The van der Waals surface area contributed by atoms with Crippen LogP contribution in [0.5, 0.6) is 0 Å². The van der Waals surface area contributed by atoms with E-state index in [-0.39, 0.29) is 11.7 Å². The average molecular weight is 388 g/mol. The van der Waals surface area contributed by atoms with Crippen molar-refractivity contribution in [3.63, 3.8) is 0 Å². The number of nitrogens with zero attached hydrogens (tertiary/aromatic N) is 4. The molecule has 1 amide bonds. The van der Waals surface area contributed by atoms with Gasteiger partial charge in [-0.05, 0) is 31.2 Å². The number of thioether (sulfide) groups is 1. The van der Waals surface area contributed by atoms with Gasteiger partial charge in [-0.15, -0.1) is 10.2 Å². The van der Waals surface area contributed by atoms with Crippen LogP contribution in [0.25, 0.3) is 11.4 Å². The van der Waals surface area contributed by atoms with Crippen LogP contribution in [0.1, 0.15) is 11.3 Å². The van der Waals surface area contributed by atoms with Gasteiger partial charge in [0.05, 0.1) is 28.2 Å². The molecule has 0 saturated heterocycles. The highest BCUT2D eigenvalue weighted by atomic mass is 35.5. The molecule has 7 nitrogen and oxygen atoms in total. The number of anilines is 1. The smallest absolute Gasteiger partial charge is 0.234 e. The highest BCUT2D eigenvalue weighted by Gasteiger charge is 2.16. The first-order valence-corrected chi connectivity index (χ1v) is 8.92. The Morgan fingerprint density at radius 3 is 2.88 bits per heavy atom. The van der Waals surface area contributed by atoms with Gasteiger partial charge in [0.15, 0.2) is 11.0 Å². The fourth-order valence-electron chi connectivity index (χ4n) is 2.30. The van der Waals surface area contributed by atoms with Crippen LogP contribution in [0.3, 0.4) is 0 Å². The van der Waals surface area contributed by atoms with E-state index in [4.69, 9.17) is 21.3 Å². The van der Waals surface area contributed by atoms with Crippen molar-refractivity contribution in [2.24, 2.45) is 7.05 Å². The Morgan fingerprint density at radius 2 is 2.23 bits per heavy atom. The monoisotopic (exact) mass is 387 g/mol. The number of carbonyl (C=O) groups excluding carboxylic acids is 1. The maximum atomic E-state index is 12.1. The number of aromatic nitrogens is 3. The van der Waals surface area contributed by atoms with Crippen molar-refractivity contribution in [3.8, 4) is 17.5 Å². The van der Waals surface area contributed by atoms with Crippen molar-refractivity contribution in [2.75, 3.05) is 11.1 Å². The normalized spacial score (nSPS) is 10.5. The molecule has 1 aromatic carbocycles. The van der Waals surface area contributed by atoms with Crippen molar-refractivity contribution in [3.05, 3.63) is 46.9 Å². The highest BCUT2D eigenvalue weighted by Crippen LogP contribution is 2.26. The molecule has 0 aliphatic rings. The van der Waals surface area contributed by atoms with Crippen LogP contribution >= 0.6 is 23.4 Å². The van der Waals surface area contributed by atoms with Gasteiger partial charge in [0.1, 0.15) is 11.8 Å². The molecule has 2 aromatic heterocycles. The molecular weight excluding hydrogens is 374 g/mol. The van der Waals surface area contributed by atoms with Gasteiger partial charge in [-0.3, -0.25) is 4.79 Å². The third-order valence-electron chi connectivity index (χ3n) is 3.64. The van der Waals surface area contributed by atoms with Crippen LogP contribution in [0.15, 0.2) is 40.1 Å². The summed E-state index contributed by atoms with van der Waals surface area (Å²) in [6, 6.07) is 8.54. The van der Waals surface area contributed by atoms with Gasteiger partial charge in [-0.25, -0.2) is 0 Å². The van der Waals surface area contributed by atoms with Crippen LogP contribution in [0.2, 0.25) is 5.02 Å². The Kier molecular flexibility index (Phi) is 5.30. The van der Waals surface area contributed by atoms with Crippen LogP contribution in [-0.4, -0.2) is 26.4 Å². The second-order valence-electron chi connectivity index (χ2n) is 5.40. The topological polar surface area (TPSA) is 96.7 Å². The molecule has 0 saturated carbocycles. The third-order valence-corrected chi connectivity index (χ3v) is 4.97.